The molecule has 0 aliphatic carbocycles. The molecule has 0 bridgehead atoms. The molecule has 4 nitrogen and oxygen atoms in total. The molecule has 2 saturated heterocycles. The maximum absolute atomic E-state index is 12.5. The van der Waals surface area contributed by atoms with Gasteiger partial charge in [0.1, 0.15) is 0 Å². The molecular formula is C22H23N3O. The van der Waals surface area contributed by atoms with Gasteiger partial charge in [0.25, 0.3) is 0 Å². The number of nitriles is 1. The summed E-state index contributed by atoms with van der Waals surface area (Å²) in [6, 6.07) is 20.1. The number of amides is 1. The largest absolute Gasteiger partial charge is 0.350 e. The Morgan fingerprint density at radius 3 is 2.62 bits per heavy atom. The Morgan fingerprint density at radius 1 is 1.12 bits per heavy atom. The van der Waals surface area contributed by atoms with E-state index >= 15 is 0 Å². The van der Waals surface area contributed by atoms with Crippen molar-refractivity contribution in [2.24, 2.45) is 0 Å². The first kappa shape index (κ1) is 16.8. The van der Waals surface area contributed by atoms with Crippen LogP contribution in [0.3, 0.4) is 0 Å². The highest BCUT2D eigenvalue weighted by Gasteiger charge is 2.45. The lowest BCUT2D eigenvalue weighted by Crippen LogP contribution is -2.50. The summed E-state index contributed by atoms with van der Waals surface area (Å²) in [6.45, 7) is 2.80. The summed E-state index contributed by atoms with van der Waals surface area (Å²) in [6.07, 6.45) is 2.87. The Hall–Kier alpha value is -2.64. The average Bonchev–Trinajstić information content (AvgIpc) is 3.01. The molecule has 1 spiro atoms. The highest BCUT2D eigenvalue weighted by Crippen LogP contribution is 2.39. The van der Waals surface area contributed by atoms with Crippen molar-refractivity contribution in [3.8, 4) is 6.07 Å². The molecule has 2 aliphatic heterocycles. The highest BCUT2D eigenvalue weighted by atomic mass is 16.2. The van der Waals surface area contributed by atoms with Crippen molar-refractivity contribution in [3.63, 3.8) is 0 Å². The average molecular weight is 345 g/mol. The molecule has 1 N–H and O–H groups in total. The number of nitrogens with one attached hydrogen (secondary N) is 1. The van der Waals surface area contributed by atoms with Crippen LogP contribution in [0.25, 0.3) is 0 Å². The molecule has 2 aliphatic rings. The van der Waals surface area contributed by atoms with Crippen LogP contribution in [0.15, 0.2) is 54.6 Å². The zero-order valence-electron chi connectivity index (χ0n) is 14.8. The molecule has 132 valence electrons. The van der Waals surface area contributed by atoms with Crippen LogP contribution >= 0.6 is 0 Å². The molecule has 26 heavy (non-hydrogen) atoms. The minimum Gasteiger partial charge on any atom is -0.350 e. The molecule has 1 unspecified atom stereocenters. The van der Waals surface area contributed by atoms with Crippen molar-refractivity contribution in [2.45, 2.75) is 37.3 Å². The van der Waals surface area contributed by atoms with Gasteiger partial charge in [-0.3, -0.25) is 9.69 Å². The van der Waals surface area contributed by atoms with E-state index in [0.717, 1.165) is 44.5 Å². The number of hydrogen-bond acceptors (Lipinski definition) is 3. The van der Waals surface area contributed by atoms with Crippen LogP contribution in [-0.2, 0) is 11.3 Å². The molecule has 0 aromatic heterocycles. The lowest BCUT2D eigenvalue weighted by Gasteiger charge is -2.39. The first-order valence-electron chi connectivity index (χ1n) is 9.26. The monoisotopic (exact) mass is 345 g/mol. The first-order chi connectivity index (χ1) is 12.7. The van der Waals surface area contributed by atoms with Crippen LogP contribution < -0.4 is 5.32 Å². The van der Waals surface area contributed by atoms with Crippen LogP contribution in [-0.4, -0.2) is 29.4 Å². The third-order valence-electron chi connectivity index (χ3n) is 5.78. The molecule has 0 saturated carbocycles. The Labute approximate surface area is 154 Å². The number of piperidine rings is 1. The maximum Gasteiger partial charge on any atom is 0.228 e. The molecule has 2 aromatic carbocycles. The Morgan fingerprint density at radius 2 is 1.88 bits per heavy atom. The molecule has 2 aromatic rings. The van der Waals surface area contributed by atoms with Gasteiger partial charge >= 0.3 is 0 Å². The Kier molecular flexibility index (Phi) is 4.48. The molecular weight excluding hydrogens is 322 g/mol. The van der Waals surface area contributed by atoms with Gasteiger partial charge in [0, 0.05) is 25.2 Å². The van der Waals surface area contributed by atoms with E-state index in [4.69, 9.17) is 5.26 Å². The highest BCUT2D eigenvalue weighted by molar-refractivity contribution is 5.87. The van der Waals surface area contributed by atoms with Gasteiger partial charge in [-0.15, -0.1) is 0 Å². The first-order valence-corrected chi connectivity index (χ1v) is 9.26. The summed E-state index contributed by atoms with van der Waals surface area (Å²) >= 11 is 0. The van der Waals surface area contributed by atoms with E-state index in [-0.39, 0.29) is 17.4 Å². The van der Waals surface area contributed by atoms with Crippen molar-refractivity contribution < 1.29 is 4.79 Å². The summed E-state index contributed by atoms with van der Waals surface area (Å²) in [5, 5.41) is 12.4. The second kappa shape index (κ2) is 6.93. The number of rotatable bonds is 3. The number of nitrogens with zero attached hydrogens (tertiary/aromatic N) is 2. The van der Waals surface area contributed by atoms with Crippen molar-refractivity contribution in [2.75, 3.05) is 13.1 Å². The van der Waals surface area contributed by atoms with E-state index < -0.39 is 0 Å². The topological polar surface area (TPSA) is 56.1 Å². The minimum atomic E-state index is -0.0530. The molecule has 1 atom stereocenters. The fourth-order valence-corrected chi connectivity index (χ4v) is 4.30. The number of benzene rings is 2. The molecule has 4 rings (SSSR count). The second-order valence-electron chi connectivity index (χ2n) is 7.53. The van der Waals surface area contributed by atoms with Crippen molar-refractivity contribution in [1.29, 1.82) is 5.26 Å². The van der Waals surface area contributed by atoms with E-state index in [2.05, 4.69) is 34.5 Å². The van der Waals surface area contributed by atoms with Crippen LogP contribution in [0.2, 0.25) is 0 Å². The van der Waals surface area contributed by atoms with E-state index in [1.54, 1.807) is 0 Å². The summed E-state index contributed by atoms with van der Waals surface area (Å²) < 4.78 is 0. The molecule has 2 heterocycles. The SMILES string of the molecule is N#Cc1cccc(CN2CCC3(CC2)CC(c2ccccc2)C(=O)N3)c1. The van der Waals surface area contributed by atoms with Gasteiger partial charge in [-0.1, -0.05) is 42.5 Å². The summed E-state index contributed by atoms with van der Waals surface area (Å²) in [7, 11) is 0. The van der Waals surface area contributed by atoms with Crippen LogP contribution in [0.5, 0.6) is 0 Å². The third kappa shape index (κ3) is 3.36. The van der Waals surface area contributed by atoms with Crippen molar-refractivity contribution in [3.05, 3.63) is 71.3 Å². The molecule has 4 heteroatoms. The predicted molar refractivity (Wildman–Crippen MR) is 100 cm³/mol. The quantitative estimate of drug-likeness (QED) is 0.929. The fourth-order valence-electron chi connectivity index (χ4n) is 4.30. The molecule has 2 fully saturated rings. The zero-order valence-corrected chi connectivity index (χ0v) is 14.8. The van der Waals surface area contributed by atoms with Crippen LogP contribution in [0.1, 0.15) is 41.9 Å². The van der Waals surface area contributed by atoms with E-state index in [1.165, 1.54) is 5.56 Å². The second-order valence-corrected chi connectivity index (χ2v) is 7.53. The Bertz CT molecular complexity index is 832. The van der Waals surface area contributed by atoms with Gasteiger partial charge in [-0.25, -0.2) is 0 Å². The minimum absolute atomic E-state index is 0.0185. The number of carbonyl (C=O) groups excluding carboxylic acids is 1. The third-order valence-corrected chi connectivity index (χ3v) is 5.78. The number of carbonyl (C=O) groups is 1. The lowest BCUT2D eigenvalue weighted by atomic mass is 9.82. The smallest absolute Gasteiger partial charge is 0.228 e. The summed E-state index contributed by atoms with van der Waals surface area (Å²) in [5.41, 5.74) is 2.96. The van der Waals surface area contributed by atoms with Crippen LogP contribution in [0, 0.1) is 11.3 Å². The van der Waals surface area contributed by atoms with Crippen molar-refractivity contribution in [1.82, 2.24) is 10.2 Å². The van der Waals surface area contributed by atoms with E-state index in [9.17, 15) is 4.79 Å². The molecule has 1 amide bonds. The summed E-state index contributed by atoms with van der Waals surface area (Å²) in [4.78, 5) is 15.0. The van der Waals surface area contributed by atoms with Gasteiger partial charge in [0.05, 0.1) is 17.6 Å². The predicted octanol–water partition coefficient (Wildman–Crippen LogP) is 3.20. The van der Waals surface area contributed by atoms with Gasteiger partial charge < -0.3 is 5.32 Å². The number of hydrogen-bond donors (Lipinski definition) is 1. The van der Waals surface area contributed by atoms with E-state index in [0.29, 0.717) is 5.56 Å². The zero-order chi connectivity index (χ0) is 18.0. The maximum atomic E-state index is 12.5. The normalized spacial score (nSPS) is 22.1. The molecule has 0 radical (unpaired) electrons. The fraction of sp³-hybridized carbons (Fsp3) is 0.364. The summed E-state index contributed by atoms with van der Waals surface area (Å²) in [5.74, 6) is 0.154. The number of likely N-dealkylation sites (tertiary alicyclic amines) is 1. The van der Waals surface area contributed by atoms with Crippen molar-refractivity contribution >= 4 is 5.91 Å². The van der Waals surface area contributed by atoms with Gasteiger partial charge in [0.15, 0.2) is 0 Å². The van der Waals surface area contributed by atoms with Crippen LogP contribution in [0.4, 0.5) is 0 Å². The van der Waals surface area contributed by atoms with Gasteiger partial charge in [0.2, 0.25) is 5.91 Å². The van der Waals surface area contributed by atoms with E-state index in [1.807, 2.05) is 36.4 Å². The Balaban J connectivity index is 1.39. The van der Waals surface area contributed by atoms with Gasteiger partial charge in [-0.2, -0.15) is 5.26 Å². The standard InChI is InChI=1S/C22H23N3O/c23-15-17-5-4-6-18(13-17)16-25-11-9-22(10-12-25)14-20(21(26)24-22)19-7-2-1-3-8-19/h1-8,13,20H,9-12,14,16H2,(H,24,26). The lowest BCUT2D eigenvalue weighted by molar-refractivity contribution is -0.121. The van der Waals surface area contributed by atoms with Gasteiger partial charge in [-0.05, 0) is 42.5 Å².